The summed E-state index contributed by atoms with van der Waals surface area (Å²) in [6, 6.07) is 7.24. The number of ether oxygens (including phenoxy) is 1. The van der Waals surface area contributed by atoms with E-state index in [2.05, 4.69) is 10.3 Å². The maximum Gasteiger partial charge on any atom is 0.303 e. The van der Waals surface area contributed by atoms with Crippen molar-refractivity contribution in [1.82, 2.24) is 10.3 Å². The van der Waals surface area contributed by atoms with Gasteiger partial charge in [-0.25, -0.2) is 0 Å². The topological polar surface area (TPSA) is 91.4 Å². The molecule has 2 aromatic rings. The maximum atomic E-state index is 11.9. The molecule has 1 aromatic heterocycles. The minimum atomic E-state index is -0.864. The first-order valence-electron chi connectivity index (χ1n) is 6.27. The number of nitrogens with one attached hydrogen (secondary N) is 2. The number of aromatic nitrogens is 1. The van der Waals surface area contributed by atoms with Crippen molar-refractivity contribution in [2.24, 2.45) is 0 Å². The van der Waals surface area contributed by atoms with Gasteiger partial charge < -0.3 is 20.1 Å². The van der Waals surface area contributed by atoms with Gasteiger partial charge in [-0.3, -0.25) is 9.59 Å². The van der Waals surface area contributed by atoms with E-state index in [0.29, 0.717) is 18.7 Å². The van der Waals surface area contributed by atoms with Crippen molar-refractivity contribution in [3.05, 3.63) is 30.0 Å². The maximum absolute atomic E-state index is 11.9. The van der Waals surface area contributed by atoms with Crippen molar-refractivity contribution in [1.29, 1.82) is 0 Å². The van der Waals surface area contributed by atoms with Crippen LogP contribution in [0.4, 0.5) is 0 Å². The number of hydrogen-bond acceptors (Lipinski definition) is 3. The zero-order valence-corrected chi connectivity index (χ0v) is 11.1. The predicted octanol–water partition coefficient (Wildman–Crippen LogP) is 1.77. The molecule has 0 spiro atoms. The van der Waals surface area contributed by atoms with Gasteiger partial charge in [-0.2, -0.15) is 0 Å². The minimum absolute atomic E-state index is 0.0458. The molecule has 0 radical (unpaired) electrons. The summed E-state index contributed by atoms with van der Waals surface area (Å²) < 4.78 is 5.12. The number of methoxy groups -OCH3 is 1. The molecule has 106 valence electrons. The zero-order valence-electron chi connectivity index (χ0n) is 11.1. The van der Waals surface area contributed by atoms with Gasteiger partial charge in [0, 0.05) is 23.9 Å². The van der Waals surface area contributed by atoms with E-state index in [-0.39, 0.29) is 12.3 Å². The van der Waals surface area contributed by atoms with Crippen molar-refractivity contribution >= 4 is 22.8 Å². The van der Waals surface area contributed by atoms with Gasteiger partial charge in [0.25, 0.3) is 5.91 Å². The number of carboxylic acid groups (broad SMARTS) is 1. The standard InChI is InChI=1S/C14H16N2O4/c1-20-10-4-5-11-9(7-10)8-12(16-11)14(19)15-6-2-3-13(17)18/h4-5,7-8,16H,2-3,6H2,1H3,(H,15,19)(H,17,18). The molecule has 0 aliphatic carbocycles. The average molecular weight is 276 g/mol. The molecule has 1 amide bonds. The van der Waals surface area contributed by atoms with Crippen LogP contribution in [0, 0.1) is 0 Å². The first kappa shape index (κ1) is 13.9. The highest BCUT2D eigenvalue weighted by Crippen LogP contribution is 2.21. The van der Waals surface area contributed by atoms with Crippen LogP contribution in [0.25, 0.3) is 10.9 Å². The number of aliphatic carboxylic acids is 1. The molecule has 6 nitrogen and oxygen atoms in total. The van der Waals surface area contributed by atoms with E-state index < -0.39 is 5.97 Å². The van der Waals surface area contributed by atoms with Gasteiger partial charge >= 0.3 is 5.97 Å². The molecule has 0 atom stereocenters. The molecular formula is C14H16N2O4. The summed E-state index contributed by atoms with van der Waals surface area (Å²) in [5.41, 5.74) is 1.30. The lowest BCUT2D eigenvalue weighted by Crippen LogP contribution is -2.25. The fourth-order valence-corrected chi connectivity index (χ4v) is 1.90. The van der Waals surface area contributed by atoms with Crippen LogP contribution in [0.5, 0.6) is 5.75 Å². The number of H-pyrrole nitrogens is 1. The summed E-state index contributed by atoms with van der Waals surface area (Å²) in [6.07, 6.45) is 0.458. The summed E-state index contributed by atoms with van der Waals surface area (Å²) in [7, 11) is 1.59. The molecule has 0 saturated carbocycles. The van der Waals surface area contributed by atoms with Gasteiger partial charge in [-0.1, -0.05) is 0 Å². The second-order valence-electron chi connectivity index (χ2n) is 4.39. The summed E-state index contributed by atoms with van der Waals surface area (Å²) in [4.78, 5) is 25.3. The van der Waals surface area contributed by atoms with Crippen LogP contribution >= 0.6 is 0 Å². The third kappa shape index (κ3) is 3.28. The average Bonchev–Trinajstić information content (AvgIpc) is 2.85. The molecule has 0 unspecified atom stereocenters. The van der Waals surface area contributed by atoms with E-state index in [0.717, 1.165) is 16.7 Å². The number of hydrogen-bond donors (Lipinski definition) is 3. The molecule has 6 heteroatoms. The van der Waals surface area contributed by atoms with Crippen LogP contribution in [0.15, 0.2) is 24.3 Å². The number of carbonyl (C=O) groups is 2. The Bertz CT molecular complexity index is 633. The fraction of sp³-hybridized carbons (Fsp3) is 0.286. The fourth-order valence-electron chi connectivity index (χ4n) is 1.90. The Hall–Kier alpha value is -2.50. The molecule has 20 heavy (non-hydrogen) atoms. The largest absolute Gasteiger partial charge is 0.497 e. The minimum Gasteiger partial charge on any atom is -0.497 e. The second kappa shape index (κ2) is 6.10. The lowest BCUT2D eigenvalue weighted by Gasteiger charge is -2.01. The van der Waals surface area contributed by atoms with Crippen molar-refractivity contribution < 1.29 is 19.4 Å². The van der Waals surface area contributed by atoms with Crippen LogP contribution < -0.4 is 10.1 Å². The number of carboxylic acids is 1. The molecule has 2 rings (SSSR count). The Labute approximate surface area is 115 Å². The van der Waals surface area contributed by atoms with Gasteiger partial charge in [0.05, 0.1) is 7.11 Å². The SMILES string of the molecule is COc1ccc2[nH]c(C(=O)NCCCC(=O)O)cc2c1. The summed E-state index contributed by atoms with van der Waals surface area (Å²) in [5, 5.41) is 12.1. The Balaban J connectivity index is 2.01. The molecule has 0 saturated heterocycles. The Morgan fingerprint density at radius 3 is 2.85 bits per heavy atom. The quantitative estimate of drug-likeness (QED) is 0.701. The monoisotopic (exact) mass is 276 g/mol. The number of carbonyl (C=O) groups excluding carboxylic acids is 1. The molecular weight excluding hydrogens is 260 g/mol. The van der Waals surface area contributed by atoms with Gasteiger partial charge in [0.1, 0.15) is 11.4 Å². The van der Waals surface area contributed by atoms with Crippen LogP contribution in [0.1, 0.15) is 23.3 Å². The second-order valence-corrected chi connectivity index (χ2v) is 4.39. The van der Waals surface area contributed by atoms with Gasteiger partial charge in [-0.05, 0) is 30.7 Å². The van der Waals surface area contributed by atoms with Crippen molar-refractivity contribution in [2.75, 3.05) is 13.7 Å². The van der Waals surface area contributed by atoms with Crippen molar-refractivity contribution in [2.45, 2.75) is 12.8 Å². The third-order valence-electron chi connectivity index (χ3n) is 2.93. The molecule has 0 fully saturated rings. The normalized spacial score (nSPS) is 10.4. The highest BCUT2D eigenvalue weighted by atomic mass is 16.5. The number of fused-ring (bicyclic) bond motifs is 1. The molecule has 0 aliphatic rings. The number of aromatic amines is 1. The molecule has 0 bridgehead atoms. The van der Waals surface area contributed by atoms with Gasteiger partial charge in [-0.15, -0.1) is 0 Å². The lowest BCUT2D eigenvalue weighted by molar-refractivity contribution is -0.137. The van der Waals surface area contributed by atoms with E-state index in [4.69, 9.17) is 9.84 Å². The summed E-state index contributed by atoms with van der Waals surface area (Å²) >= 11 is 0. The lowest BCUT2D eigenvalue weighted by atomic mass is 10.2. The van der Waals surface area contributed by atoms with Gasteiger partial charge in [0.2, 0.25) is 0 Å². The third-order valence-corrected chi connectivity index (χ3v) is 2.93. The van der Waals surface area contributed by atoms with Crippen molar-refractivity contribution in [3.63, 3.8) is 0 Å². The molecule has 3 N–H and O–H groups in total. The zero-order chi connectivity index (χ0) is 14.5. The highest BCUT2D eigenvalue weighted by Gasteiger charge is 2.09. The highest BCUT2D eigenvalue weighted by molar-refractivity contribution is 5.98. The van der Waals surface area contributed by atoms with Crippen molar-refractivity contribution in [3.8, 4) is 5.75 Å². The smallest absolute Gasteiger partial charge is 0.303 e. The van der Waals surface area contributed by atoms with Crippen LogP contribution in [-0.2, 0) is 4.79 Å². The number of amides is 1. The predicted molar refractivity (Wildman–Crippen MR) is 74.1 cm³/mol. The van der Waals surface area contributed by atoms with E-state index >= 15 is 0 Å². The Kier molecular flexibility index (Phi) is 4.24. The van der Waals surface area contributed by atoms with Gasteiger partial charge in [0.15, 0.2) is 0 Å². The molecule has 1 aromatic carbocycles. The number of rotatable bonds is 6. The first-order valence-corrected chi connectivity index (χ1v) is 6.27. The Morgan fingerprint density at radius 2 is 2.15 bits per heavy atom. The van der Waals surface area contributed by atoms with Crippen LogP contribution in [0.3, 0.4) is 0 Å². The Morgan fingerprint density at radius 1 is 1.35 bits per heavy atom. The van der Waals surface area contributed by atoms with E-state index in [1.165, 1.54) is 0 Å². The van der Waals surface area contributed by atoms with E-state index in [1.54, 1.807) is 13.2 Å². The van der Waals surface area contributed by atoms with Crippen LogP contribution in [0.2, 0.25) is 0 Å². The molecule has 0 aliphatic heterocycles. The molecule has 1 heterocycles. The summed E-state index contributed by atoms with van der Waals surface area (Å²) in [5.74, 6) is -0.382. The van der Waals surface area contributed by atoms with E-state index in [1.807, 2.05) is 18.2 Å². The van der Waals surface area contributed by atoms with Crippen LogP contribution in [-0.4, -0.2) is 35.6 Å². The first-order chi connectivity index (χ1) is 9.60. The van der Waals surface area contributed by atoms with E-state index in [9.17, 15) is 9.59 Å². The summed E-state index contributed by atoms with van der Waals surface area (Å²) in [6.45, 7) is 0.337. The number of benzene rings is 1.